The molecule has 15 heavy (non-hydrogen) atoms. The lowest BCUT2D eigenvalue weighted by atomic mass is 10.2. The summed E-state index contributed by atoms with van der Waals surface area (Å²) in [6, 6.07) is 1.53. The lowest BCUT2D eigenvalue weighted by molar-refractivity contribution is 0.281. The predicted octanol–water partition coefficient (Wildman–Crippen LogP) is 2.21. The van der Waals surface area contributed by atoms with E-state index < -0.39 is 18.1 Å². The third kappa shape index (κ3) is 2.45. The van der Waals surface area contributed by atoms with Crippen molar-refractivity contribution in [2.75, 3.05) is 6.61 Å². The van der Waals surface area contributed by atoms with E-state index in [2.05, 4.69) is 0 Å². The smallest absolute Gasteiger partial charge is 0.168 e. The van der Waals surface area contributed by atoms with Gasteiger partial charge in [-0.3, -0.25) is 0 Å². The Kier molecular flexibility index (Phi) is 2.22. The topological polar surface area (TPSA) is 35.2 Å². The Morgan fingerprint density at radius 1 is 1.47 bits per heavy atom. The Balaban J connectivity index is 2.32. The van der Waals surface area contributed by atoms with Crippen molar-refractivity contribution >= 4 is 0 Å². The van der Waals surface area contributed by atoms with Gasteiger partial charge in [0.25, 0.3) is 0 Å². The van der Waals surface area contributed by atoms with Gasteiger partial charge in [0.15, 0.2) is 11.6 Å². The second kappa shape index (κ2) is 4.14. The van der Waals surface area contributed by atoms with Crippen LogP contribution in [0.1, 0.15) is 21.1 Å². The fraction of sp³-hybridized carbons (Fsp3) is 0.455. The highest BCUT2D eigenvalue weighted by Gasteiger charge is 2.23. The molecule has 0 saturated heterocycles. The Labute approximate surface area is 89.8 Å². The van der Waals surface area contributed by atoms with Gasteiger partial charge >= 0.3 is 0 Å². The van der Waals surface area contributed by atoms with Crippen molar-refractivity contribution in [1.29, 1.82) is 0 Å². The molecule has 0 unspecified atom stereocenters. The highest BCUT2D eigenvalue weighted by atomic mass is 19.1. The van der Waals surface area contributed by atoms with E-state index in [1.54, 1.807) is 0 Å². The van der Waals surface area contributed by atoms with E-state index >= 15 is 0 Å². The first kappa shape index (κ1) is 8.05. The summed E-state index contributed by atoms with van der Waals surface area (Å²) in [4.78, 5) is 0. The van der Waals surface area contributed by atoms with Crippen LogP contribution in [0.2, 0.25) is 0 Å². The summed E-state index contributed by atoms with van der Waals surface area (Å²) in [6.45, 7) is -2.02. The van der Waals surface area contributed by atoms with E-state index in [0.29, 0.717) is 18.6 Å². The highest BCUT2D eigenvalue weighted by molar-refractivity contribution is 5.35. The van der Waals surface area contributed by atoms with Crippen LogP contribution in [0.3, 0.4) is 0 Å². The molecule has 1 aromatic rings. The average molecular weight is 215 g/mol. The molecule has 0 aliphatic heterocycles. The molecule has 4 heteroatoms. The minimum Gasteiger partial charge on any atom is -0.490 e. The summed E-state index contributed by atoms with van der Waals surface area (Å²) in [5.74, 6) is -1.69. The third-order valence-corrected chi connectivity index (χ3v) is 2.32. The summed E-state index contributed by atoms with van der Waals surface area (Å²) >= 11 is 0. The van der Waals surface area contributed by atoms with E-state index in [1.165, 1.54) is 0 Å². The van der Waals surface area contributed by atoms with Gasteiger partial charge in [0.2, 0.25) is 0 Å². The summed E-state index contributed by atoms with van der Waals surface area (Å²) in [5, 5.41) is 0. The van der Waals surface area contributed by atoms with Crippen molar-refractivity contribution in [3.63, 3.8) is 0 Å². The van der Waals surface area contributed by atoms with Crippen molar-refractivity contribution in [1.82, 2.24) is 0 Å². The molecule has 1 aromatic carbocycles. The number of nitrogens with two attached hydrogens (primary N) is 1. The standard InChI is InChI=1S/C11H13F2NO/c12-9-3-8(5-14)11(10(13)4-9)15-6-7-1-2-7/h3-4,7H,1-2,5-6,14H2/i5D2. The lowest BCUT2D eigenvalue weighted by Crippen LogP contribution is -2.07. The number of halogens is 2. The first-order valence-electron chi connectivity index (χ1n) is 5.79. The molecule has 0 atom stereocenters. The molecule has 0 amide bonds. The number of ether oxygens (including phenoxy) is 1. The zero-order chi connectivity index (χ0) is 12.6. The zero-order valence-corrected chi connectivity index (χ0v) is 8.09. The number of rotatable bonds is 4. The van der Waals surface area contributed by atoms with Gasteiger partial charge in [-0.1, -0.05) is 0 Å². The van der Waals surface area contributed by atoms with Gasteiger partial charge in [-0.05, 0) is 24.8 Å². The average Bonchev–Trinajstić information content (AvgIpc) is 2.97. The van der Waals surface area contributed by atoms with Crippen LogP contribution in [0.5, 0.6) is 5.75 Å². The number of hydrogen-bond acceptors (Lipinski definition) is 2. The normalized spacial score (nSPS) is 18.3. The second-order valence-corrected chi connectivity index (χ2v) is 3.66. The maximum absolute atomic E-state index is 13.5. The van der Waals surface area contributed by atoms with Crippen LogP contribution in [0, 0.1) is 17.6 Å². The van der Waals surface area contributed by atoms with Gasteiger partial charge in [0, 0.05) is 20.9 Å². The quantitative estimate of drug-likeness (QED) is 0.835. The van der Waals surface area contributed by atoms with E-state index in [1.807, 2.05) is 0 Å². The van der Waals surface area contributed by atoms with Crippen molar-refractivity contribution in [2.45, 2.75) is 19.3 Å². The van der Waals surface area contributed by atoms with Crippen LogP contribution in [-0.2, 0) is 6.50 Å². The van der Waals surface area contributed by atoms with E-state index in [9.17, 15) is 8.78 Å². The zero-order valence-electron chi connectivity index (χ0n) is 10.1. The van der Waals surface area contributed by atoms with Crippen LogP contribution in [-0.4, -0.2) is 6.61 Å². The Bertz CT molecular complexity index is 430. The molecule has 0 bridgehead atoms. The van der Waals surface area contributed by atoms with Gasteiger partial charge in [-0.15, -0.1) is 0 Å². The van der Waals surface area contributed by atoms with E-state index in [-0.39, 0.29) is 11.3 Å². The maximum atomic E-state index is 13.5. The molecule has 1 saturated carbocycles. The molecular formula is C11H13F2NO. The fourth-order valence-electron chi connectivity index (χ4n) is 1.30. The maximum Gasteiger partial charge on any atom is 0.168 e. The summed E-state index contributed by atoms with van der Waals surface area (Å²) in [5.41, 5.74) is 4.94. The SMILES string of the molecule is [2H]C([2H])(N)c1cc(F)cc(F)c1OCC1CC1. The monoisotopic (exact) mass is 215 g/mol. The minimum atomic E-state index is -2.33. The van der Waals surface area contributed by atoms with Crippen molar-refractivity contribution < 1.29 is 16.3 Å². The second-order valence-electron chi connectivity index (χ2n) is 3.66. The molecule has 0 heterocycles. The number of hydrogen-bond donors (Lipinski definition) is 1. The highest BCUT2D eigenvalue weighted by Crippen LogP contribution is 2.31. The minimum absolute atomic E-state index is 0.286. The molecule has 2 rings (SSSR count). The van der Waals surface area contributed by atoms with Gasteiger partial charge in [-0.2, -0.15) is 0 Å². The Morgan fingerprint density at radius 2 is 2.20 bits per heavy atom. The molecule has 1 fully saturated rings. The molecule has 1 aliphatic rings. The van der Waals surface area contributed by atoms with Crippen LogP contribution in [0.4, 0.5) is 8.78 Å². The largest absolute Gasteiger partial charge is 0.490 e. The molecule has 1 aliphatic carbocycles. The van der Waals surface area contributed by atoms with Crippen molar-refractivity contribution in [3.05, 3.63) is 29.3 Å². The molecule has 0 radical (unpaired) electrons. The summed E-state index contributed by atoms with van der Waals surface area (Å²) in [6.07, 6.45) is 2.04. The molecule has 0 spiro atoms. The van der Waals surface area contributed by atoms with Crippen LogP contribution in [0.15, 0.2) is 12.1 Å². The molecule has 82 valence electrons. The van der Waals surface area contributed by atoms with Gasteiger partial charge < -0.3 is 10.5 Å². The van der Waals surface area contributed by atoms with Crippen molar-refractivity contribution in [3.8, 4) is 5.75 Å². The molecule has 2 nitrogen and oxygen atoms in total. The lowest BCUT2D eigenvalue weighted by Gasteiger charge is -2.11. The first-order chi connectivity index (χ1) is 7.88. The van der Waals surface area contributed by atoms with Gasteiger partial charge in [0.1, 0.15) is 5.82 Å². The predicted molar refractivity (Wildman–Crippen MR) is 52.5 cm³/mol. The van der Waals surface area contributed by atoms with Crippen LogP contribution >= 0.6 is 0 Å². The third-order valence-electron chi connectivity index (χ3n) is 2.32. The molecule has 2 N–H and O–H groups in total. The number of benzene rings is 1. The van der Waals surface area contributed by atoms with Crippen molar-refractivity contribution in [2.24, 2.45) is 11.7 Å². The first-order valence-corrected chi connectivity index (χ1v) is 4.79. The van der Waals surface area contributed by atoms with Gasteiger partial charge in [-0.25, -0.2) is 8.78 Å². The van der Waals surface area contributed by atoms with Gasteiger partial charge in [0.05, 0.1) is 6.61 Å². The Hall–Kier alpha value is -1.16. The summed E-state index contributed by atoms with van der Waals surface area (Å²) < 4.78 is 46.4. The van der Waals surface area contributed by atoms with E-state index in [0.717, 1.165) is 18.9 Å². The molecular weight excluding hydrogens is 200 g/mol. The van der Waals surface area contributed by atoms with Crippen LogP contribution < -0.4 is 10.5 Å². The van der Waals surface area contributed by atoms with Crippen LogP contribution in [0.25, 0.3) is 0 Å². The Morgan fingerprint density at radius 3 is 2.80 bits per heavy atom. The fourth-order valence-corrected chi connectivity index (χ4v) is 1.30. The summed E-state index contributed by atoms with van der Waals surface area (Å²) in [7, 11) is 0. The molecule has 0 aromatic heterocycles. The van der Waals surface area contributed by atoms with E-state index in [4.69, 9.17) is 13.2 Å².